The van der Waals surface area contributed by atoms with E-state index in [0.29, 0.717) is 10.8 Å². The second-order valence-electron chi connectivity index (χ2n) is 3.13. The maximum Gasteiger partial charge on any atom is 0.314 e. The van der Waals surface area contributed by atoms with Gasteiger partial charge in [-0.15, -0.1) is 0 Å². The van der Waals surface area contributed by atoms with Gasteiger partial charge in [-0.2, -0.15) is 0 Å². The standard InChI is InChI=1S/C10H9NO3S/c1-6-2-3-8-7(4-6)11-10(14-8)15-5-9(12)13/h2-4H,5H2,1H3,(H,12,13). The van der Waals surface area contributed by atoms with Crippen LogP contribution in [-0.4, -0.2) is 21.8 Å². The highest BCUT2D eigenvalue weighted by Gasteiger charge is 2.08. The summed E-state index contributed by atoms with van der Waals surface area (Å²) in [5, 5.41) is 8.90. The van der Waals surface area contributed by atoms with Crippen molar-refractivity contribution in [1.82, 2.24) is 4.98 Å². The van der Waals surface area contributed by atoms with E-state index in [2.05, 4.69) is 4.98 Å². The fourth-order valence-corrected chi connectivity index (χ4v) is 1.76. The second kappa shape index (κ2) is 3.94. The first-order valence-corrected chi connectivity index (χ1v) is 5.35. The first-order valence-electron chi connectivity index (χ1n) is 4.37. The van der Waals surface area contributed by atoms with Crippen LogP contribution in [0.1, 0.15) is 5.56 Å². The SMILES string of the molecule is Cc1ccc2oc(SCC(=O)O)nc2c1. The molecule has 2 rings (SSSR count). The summed E-state index contributed by atoms with van der Waals surface area (Å²) in [5.41, 5.74) is 2.56. The molecule has 78 valence electrons. The van der Waals surface area contributed by atoms with Gasteiger partial charge in [0.1, 0.15) is 11.3 Å². The minimum atomic E-state index is -0.876. The lowest BCUT2D eigenvalue weighted by Crippen LogP contribution is -1.97. The van der Waals surface area contributed by atoms with Gasteiger partial charge in [0.2, 0.25) is 0 Å². The molecule has 0 unspecified atom stereocenters. The number of thioether (sulfide) groups is 1. The van der Waals surface area contributed by atoms with Crippen molar-refractivity contribution in [2.45, 2.75) is 12.1 Å². The highest BCUT2D eigenvalue weighted by molar-refractivity contribution is 7.99. The monoisotopic (exact) mass is 223 g/mol. The van der Waals surface area contributed by atoms with Crippen molar-refractivity contribution < 1.29 is 14.3 Å². The minimum absolute atomic E-state index is 0.0359. The Labute approximate surface area is 90.3 Å². The molecular weight excluding hydrogens is 214 g/mol. The number of carboxylic acid groups (broad SMARTS) is 1. The van der Waals surface area contributed by atoms with E-state index in [1.807, 2.05) is 25.1 Å². The molecule has 0 radical (unpaired) electrons. The summed E-state index contributed by atoms with van der Waals surface area (Å²) >= 11 is 1.08. The van der Waals surface area contributed by atoms with Crippen LogP contribution in [0.15, 0.2) is 27.8 Å². The first-order chi connectivity index (χ1) is 7.15. The highest BCUT2D eigenvalue weighted by atomic mass is 32.2. The number of rotatable bonds is 3. The van der Waals surface area contributed by atoms with Crippen molar-refractivity contribution in [1.29, 1.82) is 0 Å². The van der Waals surface area contributed by atoms with Gasteiger partial charge in [-0.3, -0.25) is 4.79 Å². The molecule has 0 aliphatic heterocycles. The van der Waals surface area contributed by atoms with Gasteiger partial charge in [0.15, 0.2) is 5.58 Å². The van der Waals surface area contributed by atoms with Gasteiger partial charge >= 0.3 is 5.97 Å². The van der Waals surface area contributed by atoms with Gasteiger partial charge in [-0.25, -0.2) is 4.98 Å². The molecule has 0 atom stereocenters. The normalized spacial score (nSPS) is 10.7. The van der Waals surface area contributed by atoms with Crippen LogP contribution in [0.4, 0.5) is 0 Å². The lowest BCUT2D eigenvalue weighted by molar-refractivity contribution is -0.133. The van der Waals surface area contributed by atoms with Crippen LogP contribution in [0.3, 0.4) is 0 Å². The summed E-state index contributed by atoms with van der Waals surface area (Å²) in [4.78, 5) is 14.5. The Balaban J connectivity index is 2.27. The van der Waals surface area contributed by atoms with E-state index in [9.17, 15) is 4.79 Å². The number of aliphatic carboxylic acids is 1. The van der Waals surface area contributed by atoms with Gasteiger partial charge in [0.25, 0.3) is 5.22 Å². The van der Waals surface area contributed by atoms with Crippen LogP contribution in [-0.2, 0) is 4.79 Å². The lowest BCUT2D eigenvalue weighted by Gasteiger charge is -1.88. The summed E-state index contributed by atoms with van der Waals surface area (Å²) in [7, 11) is 0. The lowest BCUT2D eigenvalue weighted by atomic mass is 10.2. The molecule has 1 aromatic heterocycles. The minimum Gasteiger partial charge on any atom is -0.481 e. The zero-order chi connectivity index (χ0) is 10.8. The smallest absolute Gasteiger partial charge is 0.314 e. The van der Waals surface area contributed by atoms with Crippen LogP contribution in [0, 0.1) is 6.92 Å². The maximum absolute atomic E-state index is 10.4. The zero-order valence-electron chi connectivity index (χ0n) is 8.06. The number of benzene rings is 1. The van der Waals surface area contributed by atoms with Crippen molar-refractivity contribution in [2.75, 3.05) is 5.75 Å². The summed E-state index contributed by atoms with van der Waals surface area (Å²) in [6, 6.07) is 5.67. The third-order valence-electron chi connectivity index (χ3n) is 1.84. The number of carbonyl (C=O) groups is 1. The maximum atomic E-state index is 10.4. The van der Waals surface area contributed by atoms with Gasteiger partial charge in [0, 0.05) is 0 Å². The number of carboxylic acids is 1. The van der Waals surface area contributed by atoms with E-state index in [0.717, 1.165) is 22.8 Å². The Bertz CT molecular complexity index is 506. The summed E-state index contributed by atoms with van der Waals surface area (Å²) in [6.07, 6.45) is 0. The van der Waals surface area contributed by atoms with E-state index < -0.39 is 5.97 Å². The Morgan fingerprint density at radius 2 is 2.40 bits per heavy atom. The molecular formula is C10H9NO3S. The molecule has 0 aliphatic rings. The highest BCUT2D eigenvalue weighted by Crippen LogP contribution is 2.23. The Kier molecular flexibility index (Phi) is 2.64. The van der Waals surface area contributed by atoms with Crippen LogP contribution in [0.5, 0.6) is 0 Å². The second-order valence-corrected chi connectivity index (χ2v) is 4.06. The summed E-state index contributed by atoms with van der Waals surface area (Å²) < 4.78 is 5.36. The molecule has 15 heavy (non-hydrogen) atoms. The van der Waals surface area contributed by atoms with Gasteiger partial charge < -0.3 is 9.52 Å². The number of oxazole rings is 1. The van der Waals surface area contributed by atoms with Gasteiger partial charge in [-0.1, -0.05) is 17.8 Å². The van der Waals surface area contributed by atoms with E-state index in [1.165, 1.54) is 0 Å². The van der Waals surface area contributed by atoms with Crippen molar-refractivity contribution >= 4 is 28.8 Å². The molecule has 0 spiro atoms. The number of aromatic nitrogens is 1. The van der Waals surface area contributed by atoms with Crippen molar-refractivity contribution in [3.63, 3.8) is 0 Å². The summed E-state index contributed by atoms with van der Waals surface area (Å²) in [6.45, 7) is 1.97. The van der Waals surface area contributed by atoms with Gasteiger partial charge in [0.05, 0.1) is 0 Å². The van der Waals surface area contributed by atoms with Crippen LogP contribution in [0.2, 0.25) is 0 Å². The van der Waals surface area contributed by atoms with E-state index >= 15 is 0 Å². The first kappa shape index (κ1) is 10.0. The third-order valence-corrected chi connectivity index (χ3v) is 2.66. The topological polar surface area (TPSA) is 63.3 Å². The molecule has 1 heterocycles. The molecule has 2 aromatic rings. The molecule has 0 fully saturated rings. The summed E-state index contributed by atoms with van der Waals surface area (Å²) in [5.74, 6) is -0.912. The number of nitrogens with zero attached hydrogens (tertiary/aromatic N) is 1. The molecule has 0 bridgehead atoms. The molecule has 1 N–H and O–H groups in total. The van der Waals surface area contributed by atoms with Crippen LogP contribution < -0.4 is 0 Å². The Morgan fingerprint density at radius 3 is 3.13 bits per heavy atom. The van der Waals surface area contributed by atoms with Crippen molar-refractivity contribution in [3.05, 3.63) is 23.8 Å². The Hall–Kier alpha value is -1.49. The molecule has 0 saturated heterocycles. The molecule has 4 nitrogen and oxygen atoms in total. The van der Waals surface area contributed by atoms with E-state index in [4.69, 9.17) is 9.52 Å². The fourth-order valence-electron chi connectivity index (χ4n) is 1.20. The van der Waals surface area contributed by atoms with E-state index in [1.54, 1.807) is 0 Å². The number of hydrogen-bond donors (Lipinski definition) is 1. The predicted molar refractivity (Wildman–Crippen MR) is 57.1 cm³/mol. The number of aryl methyl sites for hydroxylation is 1. The average Bonchev–Trinajstić information content (AvgIpc) is 2.56. The molecule has 0 saturated carbocycles. The quantitative estimate of drug-likeness (QED) is 0.809. The zero-order valence-corrected chi connectivity index (χ0v) is 8.87. The molecule has 1 aromatic carbocycles. The van der Waals surface area contributed by atoms with Crippen LogP contribution >= 0.6 is 11.8 Å². The number of fused-ring (bicyclic) bond motifs is 1. The van der Waals surface area contributed by atoms with Gasteiger partial charge in [-0.05, 0) is 24.6 Å². The van der Waals surface area contributed by atoms with Crippen LogP contribution in [0.25, 0.3) is 11.1 Å². The fraction of sp³-hybridized carbons (Fsp3) is 0.200. The molecule has 0 amide bonds. The van der Waals surface area contributed by atoms with Crippen molar-refractivity contribution in [3.8, 4) is 0 Å². The third kappa shape index (κ3) is 2.30. The molecule has 5 heteroatoms. The largest absolute Gasteiger partial charge is 0.481 e. The average molecular weight is 223 g/mol. The number of hydrogen-bond acceptors (Lipinski definition) is 4. The Morgan fingerprint density at radius 1 is 1.60 bits per heavy atom. The molecule has 0 aliphatic carbocycles. The van der Waals surface area contributed by atoms with Crippen molar-refractivity contribution in [2.24, 2.45) is 0 Å². The predicted octanol–water partition coefficient (Wildman–Crippen LogP) is 2.31. The van der Waals surface area contributed by atoms with E-state index in [-0.39, 0.29) is 5.75 Å².